The van der Waals surface area contributed by atoms with E-state index in [4.69, 9.17) is 4.42 Å². The number of furan rings is 1. The fraction of sp³-hybridized carbons (Fsp3) is 0.350. The third-order valence-corrected chi connectivity index (χ3v) is 5.66. The second-order valence-corrected chi connectivity index (χ2v) is 7.78. The van der Waals surface area contributed by atoms with Crippen molar-refractivity contribution in [3.8, 4) is 11.6 Å². The Bertz CT molecular complexity index is 888. The van der Waals surface area contributed by atoms with E-state index >= 15 is 0 Å². The van der Waals surface area contributed by atoms with Crippen LogP contribution in [0.2, 0.25) is 0 Å². The van der Waals surface area contributed by atoms with Gasteiger partial charge in [-0.05, 0) is 43.4 Å². The molecule has 1 amide bonds. The lowest BCUT2D eigenvalue weighted by Crippen LogP contribution is -2.35. The zero-order chi connectivity index (χ0) is 18.6. The standard InChI is InChI=1S/C20H22N4O2S/c1-14(16-9-10-16)21-18(25)13-27-20-23-22-19(17-8-5-11-26-17)24(20)12-15-6-3-2-4-7-15/h2-8,11,14,16H,9-10,12-13H2,1H3,(H,21,25). The molecule has 1 aromatic carbocycles. The summed E-state index contributed by atoms with van der Waals surface area (Å²) in [4.78, 5) is 12.3. The van der Waals surface area contributed by atoms with Crippen molar-refractivity contribution in [2.24, 2.45) is 5.92 Å². The third kappa shape index (κ3) is 4.42. The Kier molecular flexibility index (Phi) is 5.29. The van der Waals surface area contributed by atoms with Crippen LogP contribution in [-0.2, 0) is 11.3 Å². The Hall–Kier alpha value is -2.54. The van der Waals surface area contributed by atoms with Crippen molar-refractivity contribution in [1.29, 1.82) is 0 Å². The van der Waals surface area contributed by atoms with Crippen LogP contribution in [0.3, 0.4) is 0 Å². The van der Waals surface area contributed by atoms with Crippen LogP contribution < -0.4 is 5.32 Å². The van der Waals surface area contributed by atoms with Gasteiger partial charge in [0.15, 0.2) is 10.9 Å². The molecule has 7 heteroatoms. The van der Waals surface area contributed by atoms with Crippen LogP contribution >= 0.6 is 11.8 Å². The quantitative estimate of drug-likeness (QED) is 0.603. The summed E-state index contributed by atoms with van der Waals surface area (Å²) in [6.45, 7) is 2.69. The normalized spacial score (nSPS) is 14.9. The summed E-state index contributed by atoms with van der Waals surface area (Å²) in [5.74, 6) is 2.33. The van der Waals surface area contributed by atoms with E-state index in [1.165, 1.54) is 24.6 Å². The van der Waals surface area contributed by atoms with E-state index in [0.29, 0.717) is 35.0 Å². The second-order valence-electron chi connectivity index (χ2n) is 6.84. The van der Waals surface area contributed by atoms with E-state index in [0.717, 1.165) is 5.56 Å². The molecule has 1 N–H and O–H groups in total. The van der Waals surface area contributed by atoms with E-state index in [-0.39, 0.29) is 11.9 Å². The molecule has 1 saturated carbocycles. The molecule has 2 aromatic heterocycles. The molecule has 2 heterocycles. The van der Waals surface area contributed by atoms with Crippen LogP contribution in [0.5, 0.6) is 0 Å². The highest BCUT2D eigenvalue weighted by Crippen LogP contribution is 2.32. The maximum Gasteiger partial charge on any atom is 0.230 e. The van der Waals surface area contributed by atoms with Gasteiger partial charge in [0.2, 0.25) is 11.7 Å². The Morgan fingerprint density at radius 1 is 1.26 bits per heavy atom. The fourth-order valence-corrected chi connectivity index (χ4v) is 3.78. The van der Waals surface area contributed by atoms with Gasteiger partial charge >= 0.3 is 0 Å². The molecular formula is C20H22N4O2S. The van der Waals surface area contributed by atoms with Gasteiger partial charge in [0.1, 0.15) is 0 Å². The first-order chi connectivity index (χ1) is 13.2. The highest BCUT2D eigenvalue weighted by atomic mass is 32.2. The van der Waals surface area contributed by atoms with Crippen molar-refractivity contribution in [3.63, 3.8) is 0 Å². The van der Waals surface area contributed by atoms with Gasteiger partial charge in [-0.2, -0.15) is 0 Å². The number of carbonyl (C=O) groups is 1. The van der Waals surface area contributed by atoms with Crippen molar-refractivity contribution in [1.82, 2.24) is 20.1 Å². The number of aromatic nitrogens is 3. The van der Waals surface area contributed by atoms with Crippen molar-refractivity contribution in [2.75, 3.05) is 5.75 Å². The zero-order valence-corrected chi connectivity index (χ0v) is 16.0. The molecule has 0 bridgehead atoms. The summed E-state index contributed by atoms with van der Waals surface area (Å²) in [6.07, 6.45) is 4.05. The minimum absolute atomic E-state index is 0.0354. The average molecular weight is 382 g/mol. The number of carbonyl (C=O) groups excluding carboxylic acids is 1. The van der Waals surface area contributed by atoms with Gasteiger partial charge in [0.05, 0.1) is 18.6 Å². The molecule has 1 atom stereocenters. The summed E-state index contributed by atoms with van der Waals surface area (Å²) in [7, 11) is 0. The van der Waals surface area contributed by atoms with Crippen LogP contribution in [0, 0.1) is 5.92 Å². The summed E-state index contributed by atoms with van der Waals surface area (Å²) in [5.41, 5.74) is 1.14. The molecule has 1 aliphatic rings. The van der Waals surface area contributed by atoms with Crippen LogP contribution in [0.4, 0.5) is 0 Å². The van der Waals surface area contributed by atoms with Crippen LogP contribution in [0.25, 0.3) is 11.6 Å². The predicted molar refractivity (Wildman–Crippen MR) is 104 cm³/mol. The summed E-state index contributed by atoms with van der Waals surface area (Å²) in [5, 5.41) is 12.4. The van der Waals surface area contributed by atoms with E-state index in [9.17, 15) is 4.79 Å². The smallest absolute Gasteiger partial charge is 0.230 e. The molecule has 1 unspecified atom stereocenters. The third-order valence-electron chi connectivity index (χ3n) is 4.69. The molecule has 27 heavy (non-hydrogen) atoms. The van der Waals surface area contributed by atoms with Gasteiger partial charge in [-0.25, -0.2) is 0 Å². The maximum atomic E-state index is 12.3. The minimum atomic E-state index is 0.0354. The van der Waals surface area contributed by atoms with Crippen molar-refractivity contribution in [3.05, 3.63) is 54.3 Å². The first-order valence-corrected chi connectivity index (χ1v) is 10.1. The molecule has 0 aliphatic heterocycles. The summed E-state index contributed by atoms with van der Waals surface area (Å²) >= 11 is 1.40. The van der Waals surface area contributed by atoms with Gasteiger partial charge in [0, 0.05) is 6.04 Å². The molecule has 1 aliphatic carbocycles. The van der Waals surface area contributed by atoms with Crippen molar-refractivity contribution in [2.45, 2.75) is 37.5 Å². The zero-order valence-electron chi connectivity index (χ0n) is 15.2. The molecule has 3 aromatic rings. The Labute approximate surface area is 162 Å². The SMILES string of the molecule is CC(NC(=O)CSc1nnc(-c2ccco2)n1Cc1ccccc1)C1CC1. The predicted octanol–water partition coefficient (Wildman–Crippen LogP) is 3.59. The number of benzene rings is 1. The summed E-state index contributed by atoms with van der Waals surface area (Å²) < 4.78 is 7.51. The second kappa shape index (κ2) is 8.00. The topological polar surface area (TPSA) is 73.0 Å². The number of rotatable bonds is 8. The molecule has 4 rings (SSSR count). The number of amides is 1. The molecule has 6 nitrogen and oxygen atoms in total. The lowest BCUT2D eigenvalue weighted by Gasteiger charge is -2.13. The largest absolute Gasteiger partial charge is 0.461 e. The Morgan fingerprint density at radius 3 is 2.78 bits per heavy atom. The van der Waals surface area contributed by atoms with Gasteiger partial charge < -0.3 is 9.73 Å². The molecule has 0 spiro atoms. The lowest BCUT2D eigenvalue weighted by atomic mass is 10.2. The lowest BCUT2D eigenvalue weighted by molar-refractivity contribution is -0.119. The number of nitrogens with zero attached hydrogens (tertiary/aromatic N) is 3. The first kappa shape index (κ1) is 17.9. The minimum Gasteiger partial charge on any atom is -0.461 e. The van der Waals surface area contributed by atoms with Crippen LogP contribution in [0.1, 0.15) is 25.3 Å². The number of hydrogen-bond donors (Lipinski definition) is 1. The van der Waals surface area contributed by atoms with Gasteiger partial charge in [-0.1, -0.05) is 42.1 Å². The molecule has 140 valence electrons. The monoisotopic (exact) mass is 382 g/mol. The average Bonchev–Trinajstić information content (AvgIpc) is 3.25. The van der Waals surface area contributed by atoms with Gasteiger partial charge in [-0.3, -0.25) is 9.36 Å². The van der Waals surface area contributed by atoms with Gasteiger partial charge in [-0.15, -0.1) is 10.2 Å². The van der Waals surface area contributed by atoms with Crippen LogP contribution in [-0.4, -0.2) is 32.5 Å². The van der Waals surface area contributed by atoms with Crippen molar-refractivity contribution < 1.29 is 9.21 Å². The van der Waals surface area contributed by atoms with Crippen molar-refractivity contribution >= 4 is 17.7 Å². The maximum absolute atomic E-state index is 12.3. The van der Waals surface area contributed by atoms with E-state index in [1.807, 2.05) is 34.9 Å². The molecule has 0 radical (unpaired) electrons. The molecule has 1 fully saturated rings. The van der Waals surface area contributed by atoms with E-state index in [1.54, 1.807) is 6.26 Å². The van der Waals surface area contributed by atoms with Crippen LogP contribution in [0.15, 0.2) is 58.3 Å². The highest BCUT2D eigenvalue weighted by molar-refractivity contribution is 7.99. The number of nitrogens with one attached hydrogen (secondary N) is 1. The fourth-order valence-electron chi connectivity index (χ4n) is 3.03. The van der Waals surface area contributed by atoms with Gasteiger partial charge in [0.25, 0.3) is 0 Å². The Morgan fingerprint density at radius 2 is 2.07 bits per heavy atom. The molecular weight excluding hydrogens is 360 g/mol. The first-order valence-electron chi connectivity index (χ1n) is 9.14. The molecule has 0 saturated heterocycles. The number of hydrogen-bond acceptors (Lipinski definition) is 5. The number of thioether (sulfide) groups is 1. The highest BCUT2D eigenvalue weighted by Gasteiger charge is 2.29. The van der Waals surface area contributed by atoms with E-state index < -0.39 is 0 Å². The summed E-state index contributed by atoms with van der Waals surface area (Å²) in [6, 6.07) is 14.1. The Balaban J connectivity index is 1.50. The van der Waals surface area contributed by atoms with E-state index in [2.05, 4.69) is 34.6 Å².